The van der Waals surface area contributed by atoms with Gasteiger partial charge in [0, 0.05) is 18.3 Å². The Morgan fingerprint density at radius 3 is 2.96 bits per heavy atom. The van der Waals surface area contributed by atoms with Crippen LogP contribution in [0.4, 0.5) is 5.69 Å². The van der Waals surface area contributed by atoms with Gasteiger partial charge in [-0.25, -0.2) is 4.68 Å². The van der Waals surface area contributed by atoms with Crippen LogP contribution in [0.1, 0.15) is 31.7 Å². The number of carbonyl (C=O) groups is 1. The molecule has 0 saturated carbocycles. The van der Waals surface area contributed by atoms with Crippen molar-refractivity contribution in [1.29, 1.82) is 0 Å². The number of carbonyl (C=O) groups excluding carboxylic acids is 1. The Balaban J connectivity index is 1.62. The minimum atomic E-state index is 0.166. The summed E-state index contributed by atoms with van der Waals surface area (Å²) in [5.74, 6) is 0.166. The lowest BCUT2D eigenvalue weighted by atomic mass is 10.0. The van der Waals surface area contributed by atoms with Crippen molar-refractivity contribution in [3.05, 3.63) is 30.1 Å². The highest BCUT2D eigenvalue weighted by Gasteiger charge is 2.22. The fraction of sp³-hybridized carbons (Fsp3) is 0.500. The molecule has 0 radical (unpaired) electrons. The lowest BCUT2D eigenvalue weighted by Gasteiger charge is -2.33. The van der Waals surface area contributed by atoms with E-state index in [-0.39, 0.29) is 5.91 Å². The molecule has 122 valence electrons. The van der Waals surface area contributed by atoms with Crippen LogP contribution >= 0.6 is 0 Å². The first-order chi connectivity index (χ1) is 11.1. The second-order valence-corrected chi connectivity index (χ2v) is 6.04. The number of likely N-dealkylation sites (tertiary alicyclic amines) is 1. The predicted octanol–water partition coefficient (Wildman–Crippen LogP) is 1.78. The molecule has 2 heterocycles. The van der Waals surface area contributed by atoms with Gasteiger partial charge < -0.3 is 10.2 Å². The molecule has 2 aromatic rings. The third kappa shape index (κ3) is 3.49. The maximum Gasteiger partial charge on any atom is 0.242 e. The Morgan fingerprint density at radius 2 is 2.26 bits per heavy atom. The number of aryl methyl sites for hydroxylation is 1. The van der Waals surface area contributed by atoms with Crippen LogP contribution in [0.15, 0.2) is 24.5 Å². The molecule has 7 heteroatoms. The first-order valence-corrected chi connectivity index (χ1v) is 8.02. The van der Waals surface area contributed by atoms with Crippen molar-refractivity contribution in [2.24, 2.45) is 0 Å². The minimum absolute atomic E-state index is 0.166. The molecule has 1 aromatic carbocycles. The van der Waals surface area contributed by atoms with E-state index >= 15 is 0 Å². The Kier molecular flexibility index (Phi) is 4.55. The largest absolute Gasteiger partial charge is 0.376 e. The number of aromatic nitrogens is 4. The Morgan fingerprint density at radius 1 is 1.39 bits per heavy atom. The van der Waals surface area contributed by atoms with Crippen molar-refractivity contribution < 1.29 is 4.79 Å². The van der Waals surface area contributed by atoms with Gasteiger partial charge in [0.05, 0.1) is 12.2 Å². The summed E-state index contributed by atoms with van der Waals surface area (Å²) < 4.78 is 1.62. The van der Waals surface area contributed by atoms with Crippen LogP contribution in [0.25, 0.3) is 5.69 Å². The predicted molar refractivity (Wildman–Crippen MR) is 87.4 cm³/mol. The molecule has 1 fully saturated rings. The zero-order chi connectivity index (χ0) is 16.2. The van der Waals surface area contributed by atoms with Crippen LogP contribution in [0.2, 0.25) is 0 Å². The summed E-state index contributed by atoms with van der Waals surface area (Å²) in [6.45, 7) is 5.33. The van der Waals surface area contributed by atoms with Crippen molar-refractivity contribution in [3.63, 3.8) is 0 Å². The number of hydrogen-bond acceptors (Lipinski definition) is 5. The Hall–Kier alpha value is -2.44. The van der Waals surface area contributed by atoms with Gasteiger partial charge in [0.25, 0.3) is 0 Å². The first kappa shape index (κ1) is 15.5. The fourth-order valence-corrected chi connectivity index (χ4v) is 3.04. The highest BCUT2D eigenvalue weighted by molar-refractivity contribution is 5.81. The number of piperidine rings is 1. The van der Waals surface area contributed by atoms with E-state index in [1.807, 2.05) is 30.0 Å². The van der Waals surface area contributed by atoms with Crippen LogP contribution in [-0.4, -0.2) is 50.1 Å². The lowest BCUT2D eigenvalue weighted by Crippen LogP contribution is -2.44. The highest BCUT2D eigenvalue weighted by Crippen LogP contribution is 2.19. The number of tetrazole rings is 1. The number of rotatable bonds is 4. The summed E-state index contributed by atoms with van der Waals surface area (Å²) in [5, 5.41) is 14.4. The van der Waals surface area contributed by atoms with Crippen LogP contribution in [0.3, 0.4) is 0 Å². The number of nitrogens with one attached hydrogen (secondary N) is 1. The third-order valence-electron chi connectivity index (χ3n) is 4.36. The molecule has 3 rings (SSSR count). The Labute approximate surface area is 135 Å². The maximum atomic E-state index is 12.4. The van der Waals surface area contributed by atoms with Crippen LogP contribution in [0.5, 0.6) is 0 Å². The number of nitrogens with zero attached hydrogens (tertiary/aromatic N) is 5. The molecule has 0 bridgehead atoms. The average Bonchev–Trinajstić information content (AvgIpc) is 3.07. The van der Waals surface area contributed by atoms with Gasteiger partial charge in [-0.1, -0.05) is 0 Å². The lowest BCUT2D eigenvalue weighted by molar-refractivity contribution is -0.132. The van der Waals surface area contributed by atoms with Crippen molar-refractivity contribution in [1.82, 2.24) is 25.1 Å². The van der Waals surface area contributed by atoms with Crippen LogP contribution in [0, 0.1) is 6.92 Å². The third-order valence-corrected chi connectivity index (χ3v) is 4.36. The summed E-state index contributed by atoms with van der Waals surface area (Å²) in [4.78, 5) is 14.3. The average molecular weight is 314 g/mol. The summed E-state index contributed by atoms with van der Waals surface area (Å²) in [5.41, 5.74) is 2.90. The van der Waals surface area contributed by atoms with E-state index in [0.717, 1.165) is 36.3 Å². The molecule has 1 saturated heterocycles. The molecule has 23 heavy (non-hydrogen) atoms. The van der Waals surface area contributed by atoms with E-state index < -0.39 is 0 Å². The smallest absolute Gasteiger partial charge is 0.242 e. The molecule has 1 aromatic heterocycles. The molecule has 1 amide bonds. The van der Waals surface area contributed by atoms with Gasteiger partial charge in [-0.3, -0.25) is 4.79 Å². The van der Waals surface area contributed by atoms with Gasteiger partial charge in [-0.2, -0.15) is 0 Å². The second-order valence-electron chi connectivity index (χ2n) is 6.04. The molecule has 0 spiro atoms. The van der Waals surface area contributed by atoms with Gasteiger partial charge in [0.2, 0.25) is 5.91 Å². The molecule has 1 unspecified atom stereocenters. The maximum absolute atomic E-state index is 12.4. The van der Waals surface area contributed by atoms with Gasteiger partial charge in [-0.15, -0.1) is 5.10 Å². The topological polar surface area (TPSA) is 75.9 Å². The van der Waals surface area contributed by atoms with Gasteiger partial charge >= 0.3 is 0 Å². The van der Waals surface area contributed by atoms with Gasteiger partial charge in [-0.05, 0) is 67.3 Å². The van der Waals surface area contributed by atoms with E-state index in [1.54, 1.807) is 11.0 Å². The van der Waals surface area contributed by atoms with Crippen LogP contribution in [-0.2, 0) is 4.79 Å². The zero-order valence-electron chi connectivity index (χ0n) is 13.6. The minimum Gasteiger partial charge on any atom is -0.376 e. The summed E-state index contributed by atoms with van der Waals surface area (Å²) in [7, 11) is 0. The SMILES string of the molecule is Cc1cc(NCC(=O)N2CCCCC2C)ccc1-n1cnnn1. The second kappa shape index (κ2) is 6.76. The molecule has 7 nitrogen and oxygen atoms in total. The van der Waals surface area contributed by atoms with Crippen molar-refractivity contribution in [2.45, 2.75) is 39.2 Å². The monoisotopic (exact) mass is 314 g/mol. The van der Waals surface area contributed by atoms with Gasteiger partial charge in [0.1, 0.15) is 6.33 Å². The Bertz CT molecular complexity index is 669. The molecule has 1 aliphatic rings. The van der Waals surface area contributed by atoms with Crippen molar-refractivity contribution in [3.8, 4) is 5.69 Å². The normalized spacial score (nSPS) is 18.0. The molecule has 1 N–H and O–H groups in total. The van der Waals surface area contributed by atoms with Gasteiger partial charge in [0.15, 0.2) is 0 Å². The summed E-state index contributed by atoms with van der Waals surface area (Å²) in [6.07, 6.45) is 4.99. The van der Waals surface area contributed by atoms with E-state index in [4.69, 9.17) is 0 Å². The molecule has 0 aliphatic carbocycles. The van der Waals surface area contributed by atoms with E-state index in [1.165, 1.54) is 6.42 Å². The molecular formula is C16H22N6O. The zero-order valence-corrected chi connectivity index (χ0v) is 13.6. The quantitative estimate of drug-likeness (QED) is 0.931. The van der Waals surface area contributed by atoms with Crippen LogP contribution < -0.4 is 5.32 Å². The highest BCUT2D eigenvalue weighted by atomic mass is 16.2. The molecular weight excluding hydrogens is 292 g/mol. The van der Waals surface area contributed by atoms with Crippen molar-refractivity contribution in [2.75, 3.05) is 18.4 Å². The molecule has 1 atom stereocenters. The number of anilines is 1. The molecule has 1 aliphatic heterocycles. The van der Waals surface area contributed by atoms with E-state index in [0.29, 0.717) is 12.6 Å². The van der Waals surface area contributed by atoms with E-state index in [2.05, 4.69) is 27.8 Å². The number of hydrogen-bond donors (Lipinski definition) is 1. The summed E-state index contributed by atoms with van der Waals surface area (Å²) in [6, 6.07) is 6.24. The number of amides is 1. The number of benzene rings is 1. The summed E-state index contributed by atoms with van der Waals surface area (Å²) >= 11 is 0. The van der Waals surface area contributed by atoms with Crippen molar-refractivity contribution >= 4 is 11.6 Å². The fourth-order valence-electron chi connectivity index (χ4n) is 3.04. The first-order valence-electron chi connectivity index (χ1n) is 8.02. The van der Waals surface area contributed by atoms with E-state index in [9.17, 15) is 4.79 Å². The standard InChI is InChI=1S/C16H22N6O/c1-12-9-14(6-7-15(12)22-11-18-19-20-22)17-10-16(23)21-8-4-3-5-13(21)2/h6-7,9,11,13,17H,3-5,8,10H2,1-2H3.